The van der Waals surface area contributed by atoms with Crippen LogP contribution in [0.4, 0.5) is 4.39 Å². The Morgan fingerprint density at radius 1 is 1.13 bits per heavy atom. The molecule has 0 saturated heterocycles. The summed E-state index contributed by atoms with van der Waals surface area (Å²) in [5.41, 5.74) is 0.739. The molecule has 0 fully saturated rings. The lowest BCUT2D eigenvalue weighted by atomic mass is 9.85. The van der Waals surface area contributed by atoms with Crippen molar-refractivity contribution < 1.29 is 13.6 Å². The molecule has 23 heavy (non-hydrogen) atoms. The fourth-order valence-electron chi connectivity index (χ4n) is 1.94. The van der Waals surface area contributed by atoms with E-state index < -0.39 is 8.32 Å². The van der Waals surface area contributed by atoms with Crippen molar-refractivity contribution in [1.82, 2.24) is 0 Å². The van der Waals surface area contributed by atoms with Crippen molar-refractivity contribution in [1.29, 1.82) is 0 Å². The van der Waals surface area contributed by atoms with Crippen LogP contribution in [0.15, 0.2) is 6.07 Å². The van der Waals surface area contributed by atoms with Crippen molar-refractivity contribution >= 4 is 53.5 Å². The summed E-state index contributed by atoms with van der Waals surface area (Å²) >= 11 is 4.06. The summed E-state index contributed by atoms with van der Waals surface area (Å²) in [7, 11) is -0.237. The molecule has 0 aromatic heterocycles. The Morgan fingerprint density at radius 2 is 1.65 bits per heavy atom. The Labute approximate surface area is 168 Å². The number of rotatable bonds is 5. The van der Waals surface area contributed by atoms with Crippen LogP contribution >= 0.6 is 45.2 Å². The van der Waals surface area contributed by atoms with E-state index in [-0.39, 0.29) is 16.3 Å². The van der Waals surface area contributed by atoms with Crippen LogP contribution in [0.1, 0.15) is 40.2 Å². The Bertz CT molecular complexity index is 581. The molecule has 0 aliphatic heterocycles. The summed E-state index contributed by atoms with van der Waals surface area (Å²) < 4.78 is 27.2. The van der Waals surface area contributed by atoms with Gasteiger partial charge in [0.25, 0.3) is 0 Å². The maximum absolute atomic E-state index is 14.2. The van der Waals surface area contributed by atoms with E-state index in [4.69, 9.17) is 9.16 Å². The van der Waals surface area contributed by atoms with Crippen molar-refractivity contribution in [2.75, 3.05) is 13.7 Å². The van der Waals surface area contributed by atoms with E-state index in [9.17, 15) is 4.39 Å². The van der Waals surface area contributed by atoms with E-state index in [0.717, 1.165) is 5.56 Å². The molecule has 0 heterocycles. The Balaban J connectivity index is 3.20. The van der Waals surface area contributed by atoms with Gasteiger partial charge in [-0.05, 0) is 69.4 Å². The highest BCUT2D eigenvalue weighted by Gasteiger charge is 2.39. The highest BCUT2D eigenvalue weighted by Crippen LogP contribution is 2.41. The zero-order valence-electron chi connectivity index (χ0n) is 15.2. The normalized spacial score (nSPS) is 13.3. The zero-order valence-corrected chi connectivity index (χ0v) is 20.5. The SMILES string of the molecule is COc1c(C(C)(C)CO[Si](C)(C)C(C)(C)C)cc(I)c(F)c1I. The average molecular weight is 564 g/mol. The predicted molar refractivity (Wildman–Crippen MR) is 115 cm³/mol. The summed E-state index contributed by atoms with van der Waals surface area (Å²) in [6.07, 6.45) is 0. The Morgan fingerprint density at radius 3 is 2.09 bits per heavy atom. The molecular formula is C17H27FI2O2Si. The van der Waals surface area contributed by atoms with E-state index in [1.807, 2.05) is 51.2 Å². The minimum atomic E-state index is -1.83. The van der Waals surface area contributed by atoms with Gasteiger partial charge in [-0.2, -0.15) is 0 Å². The molecular weight excluding hydrogens is 537 g/mol. The van der Waals surface area contributed by atoms with Crippen LogP contribution in [0.5, 0.6) is 5.75 Å². The minimum absolute atomic E-state index is 0.165. The number of methoxy groups -OCH3 is 1. The summed E-state index contributed by atoms with van der Waals surface area (Å²) in [5, 5.41) is 0.165. The van der Waals surface area contributed by atoms with Gasteiger partial charge in [-0.25, -0.2) is 4.39 Å². The van der Waals surface area contributed by atoms with Gasteiger partial charge in [0.05, 0.1) is 14.3 Å². The van der Waals surface area contributed by atoms with Crippen LogP contribution in [0.3, 0.4) is 0 Å². The van der Waals surface area contributed by atoms with Crippen LogP contribution in [0, 0.1) is 13.0 Å². The van der Waals surface area contributed by atoms with Gasteiger partial charge in [0.15, 0.2) is 14.1 Å². The highest BCUT2D eigenvalue weighted by molar-refractivity contribution is 14.1. The summed E-state index contributed by atoms with van der Waals surface area (Å²) in [5.74, 6) is 0.403. The first-order chi connectivity index (χ1) is 10.2. The van der Waals surface area contributed by atoms with Crippen LogP contribution in [0.2, 0.25) is 18.1 Å². The van der Waals surface area contributed by atoms with Gasteiger partial charge in [0, 0.05) is 17.6 Å². The fourth-order valence-corrected chi connectivity index (χ4v) is 4.99. The van der Waals surface area contributed by atoms with Crippen LogP contribution < -0.4 is 4.74 Å². The first-order valence-corrected chi connectivity index (χ1v) is 12.7. The highest BCUT2D eigenvalue weighted by atomic mass is 127. The molecule has 0 bridgehead atoms. The van der Waals surface area contributed by atoms with Gasteiger partial charge in [-0.1, -0.05) is 34.6 Å². The Kier molecular flexibility index (Phi) is 7.01. The maximum Gasteiger partial charge on any atom is 0.192 e. The maximum atomic E-state index is 14.2. The first kappa shape index (κ1) is 21.6. The molecule has 0 saturated carbocycles. The number of hydrogen-bond donors (Lipinski definition) is 0. The van der Waals surface area contributed by atoms with Crippen molar-refractivity contribution in [2.24, 2.45) is 0 Å². The zero-order chi connectivity index (χ0) is 18.2. The molecule has 0 spiro atoms. The van der Waals surface area contributed by atoms with Crippen molar-refractivity contribution in [3.8, 4) is 5.75 Å². The van der Waals surface area contributed by atoms with E-state index in [2.05, 4.69) is 47.7 Å². The van der Waals surface area contributed by atoms with Crippen LogP contribution in [-0.2, 0) is 9.84 Å². The van der Waals surface area contributed by atoms with Crippen LogP contribution in [0.25, 0.3) is 0 Å². The molecule has 1 aromatic carbocycles. The molecule has 0 radical (unpaired) electrons. The number of hydrogen-bond acceptors (Lipinski definition) is 2. The minimum Gasteiger partial charge on any atom is -0.495 e. The molecule has 0 amide bonds. The van der Waals surface area contributed by atoms with Crippen molar-refractivity contribution in [3.05, 3.63) is 24.6 Å². The molecule has 1 aromatic rings. The Hall–Kier alpha value is 0.587. The second-order valence-corrected chi connectivity index (χ2v) is 15.1. The lowest BCUT2D eigenvalue weighted by molar-refractivity contribution is 0.216. The van der Waals surface area contributed by atoms with Gasteiger partial charge < -0.3 is 9.16 Å². The van der Waals surface area contributed by atoms with Crippen molar-refractivity contribution in [3.63, 3.8) is 0 Å². The average Bonchev–Trinajstić information content (AvgIpc) is 2.41. The van der Waals surface area contributed by atoms with Gasteiger partial charge in [-0.3, -0.25) is 0 Å². The summed E-state index contributed by atoms with van der Waals surface area (Å²) in [4.78, 5) is 0. The molecule has 132 valence electrons. The third kappa shape index (κ3) is 4.82. The third-order valence-electron chi connectivity index (χ3n) is 4.65. The van der Waals surface area contributed by atoms with E-state index in [1.54, 1.807) is 7.11 Å². The molecule has 1 rings (SSSR count). The number of ether oxygens (including phenoxy) is 1. The first-order valence-electron chi connectivity index (χ1n) is 7.60. The van der Waals surface area contributed by atoms with Gasteiger partial charge in [-0.15, -0.1) is 0 Å². The van der Waals surface area contributed by atoms with Crippen LogP contribution in [-0.4, -0.2) is 22.0 Å². The summed E-state index contributed by atoms with van der Waals surface area (Å²) in [6.45, 7) is 16.0. The second kappa shape index (κ2) is 7.45. The largest absolute Gasteiger partial charge is 0.495 e. The molecule has 0 aliphatic rings. The molecule has 0 aliphatic carbocycles. The van der Waals surface area contributed by atoms with Gasteiger partial charge in [0.2, 0.25) is 0 Å². The second-order valence-electron chi connectivity index (χ2n) is 8.00. The molecule has 0 N–H and O–H groups in total. The monoisotopic (exact) mass is 564 g/mol. The van der Waals surface area contributed by atoms with Gasteiger partial charge in [0.1, 0.15) is 5.75 Å². The fraction of sp³-hybridized carbons (Fsp3) is 0.647. The molecule has 0 unspecified atom stereocenters. The molecule has 6 heteroatoms. The van der Waals surface area contributed by atoms with Gasteiger partial charge >= 0.3 is 0 Å². The predicted octanol–water partition coefficient (Wildman–Crippen LogP) is 6.34. The van der Waals surface area contributed by atoms with E-state index in [1.165, 1.54) is 0 Å². The standard InChI is InChI=1S/C17H27FI2O2Si/c1-16(2,3)23(7,8)22-10-17(4,5)11-9-12(19)13(18)14(20)15(11)21-6/h9H,10H2,1-8H3. The quantitative estimate of drug-likeness (QED) is 0.236. The smallest absolute Gasteiger partial charge is 0.192 e. The van der Waals surface area contributed by atoms with E-state index in [0.29, 0.717) is 19.5 Å². The number of benzene rings is 1. The lowest BCUT2D eigenvalue weighted by Gasteiger charge is -2.39. The lowest BCUT2D eigenvalue weighted by Crippen LogP contribution is -2.44. The topological polar surface area (TPSA) is 18.5 Å². The summed E-state index contributed by atoms with van der Waals surface area (Å²) in [6, 6.07) is 1.88. The van der Waals surface area contributed by atoms with Crippen molar-refractivity contribution in [2.45, 2.75) is 58.2 Å². The molecule has 0 atom stereocenters. The van der Waals surface area contributed by atoms with E-state index >= 15 is 0 Å². The molecule has 2 nitrogen and oxygen atoms in total. The third-order valence-corrected chi connectivity index (χ3v) is 10.9. The number of halogens is 3.